The second-order valence-electron chi connectivity index (χ2n) is 4.51. The number of rotatable bonds is 4. The molecule has 0 amide bonds. The molecule has 0 aliphatic rings. The zero-order valence-electron chi connectivity index (χ0n) is 11.2. The van der Waals surface area contributed by atoms with E-state index in [1.54, 1.807) is 24.3 Å². The van der Waals surface area contributed by atoms with Gasteiger partial charge in [0.2, 0.25) is 5.88 Å². The molecule has 3 N–H and O–H groups in total. The molecule has 1 heterocycles. The van der Waals surface area contributed by atoms with E-state index in [0.29, 0.717) is 22.4 Å². The summed E-state index contributed by atoms with van der Waals surface area (Å²) in [5.74, 6) is 0.304. The average molecular weight is 296 g/mol. The molecule has 0 saturated carbocycles. The zero-order valence-corrected chi connectivity index (χ0v) is 11.9. The fourth-order valence-corrected chi connectivity index (χ4v) is 1.73. The second-order valence-corrected chi connectivity index (χ2v) is 4.94. The predicted octanol–water partition coefficient (Wildman–Crippen LogP) is 3.99. The van der Waals surface area contributed by atoms with Crippen LogP contribution in [0.1, 0.15) is 13.8 Å². The third-order valence-corrected chi connectivity index (χ3v) is 2.67. The Morgan fingerprint density at radius 2 is 2.05 bits per heavy atom. The number of hydrogen-bond acceptors (Lipinski definition) is 4. The Hall–Kier alpha value is -2.01. The van der Waals surface area contributed by atoms with Crippen molar-refractivity contribution < 1.29 is 9.13 Å². The summed E-state index contributed by atoms with van der Waals surface area (Å²) in [6.07, 6.45) is -0.0488. The first-order chi connectivity index (χ1) is 9.45. The van der Waals surface area contributed by atoms with Crippen LogP contribution in [0.4, 0.5) is 21.6 Å². The molecule has 106 valence electrons. The number of halogens is 2. The van der Waals surface area contributed by atoms with Crippen LogP contribution in [0.5, 0.6) is 5.88 Å². The minimum absolute atomic E-state index is 0.0488. The van der Waals surface area contributed by atoms with Gasteiger partial charge >= 0.3 is 0 Å². The molecule has 0 atom stereocenters. The molecule has 0 aliphatic carbocycles. The Kier molecular flexibility index (Phi) is 4.29. The maximum absolute atomic E-state index is 13.7. The van der Waals surface area contributed by atoms with Gasteiger partial charge in [0.05, 0.1) is 17.5 Å². The molecule has 1 aromatic heterocycles. The van der Waals surface area contributed by atoms with Crippen molar-refractivity contribution >= 4 is 28.8 Å². The van der Waals surface area contributed by atoms with E-state index in [-0.39, 0.29) is 11.8 Å². The van der Waals surface area contributed by atoms with Gasteiger partial charge in [0.25, 0.3) is 0 Å². The fourth-order valence-electron chi connectivity index (χ4n) is 1.57. The molecule has 1 aromatic carbocycles. The number of benzene rings is 1. The molecule has 4 nitrogen and oxygen atoms in total. The standard InChI is InChI=1S/C14H15ClFN3O/c1-8(2)20-14-11(17)4-6-13(19-14)18-12-5-3-9(15)7-10(12)16/h3-8H,17H2,1-2H3,(H,18,19). The number of nitrogens with zero attached hydrogens (tertiary/aromatic N) is 1. The molecule has 20 heavy (non-hydrogen) atoms. The summed E-state index contributed by atoms with van der Waals surface area (Å²) in [5.41, 5.74) is 6.49. The lowest BCUT2D eigenvalue weighted by atomic mass is 10.3. The summed E-state index contributed by atoms with van der Waals surface area (Å²) in [7, 11) is 0. The lowest BCUT2D eigenvalue weighted by Gasteiger charge is -2.13. The number of pyridine rings is 1. The first-order valence-electron chi connectivity index (χ1n) is 6.11. The van der Waals surface area contributed by atoms with Crippen LogP contribution < -0.4 is 15.8 Å². The van der Waals surface area contributed by atoms with Crippen LogP contribution in [0.15, 0.2) is 30.3 Å². The van der Waals surface area contributed by atoms with Crippen molar-refractivity contribution in [3.05, 3.63) is 41.2 Å². The van der Waals surface area contributed by atoms with Gasteiger partial charge in [-0.25, -0.2) is 4.39 Å². The van der Waals surface area contributed by atoms with Crippen molar-refractivity contribution in [3.63, 3.8) is 0 Å². The summed E-state index contributed by atoms with van der Waals surface area (Å²) in [6.45, 7) is 3.75. The molecule has 6 heteroatoms. The highest BCUT2D eigenvalue weighted by atomic mass is 35.5. The molecule has 0 bridgehead atoms. The number of ether oxygens (including phenoxy) is 1. The summed E-state index contributed by atoms with van der Waals surface area (Å²) in [6, 6.07) is 7.67. The summed E-state index contributed by atoms with van der Waals surface area (Å²) in [4.78, 5) is 4.21. The molecule has 0 saturated heterocycles. The largest absolute Gasteiger partial charge is 0.473 e. The van der Waals surface area contributed by atoms with E-state index in [2.05, 4.69) is 10.3 Å². The van der Waals surface area contributed by atoms with E-state index in [1.807, 2.05) is 13.8 Å². The van der Waals surface area contributed by atoms with Crippen LogP contribution in [0.25, 0.3) is 0 Å². The number of nitrogen functional groups attached to an aromatic ring is 1. The molecular weight excluding hydrogens is 281 g/mol. The van der Waals surface area contributed by atoms with Crippen molar-refractivity contribution in [3.8, 4) is 5.88 Å². The zero-order chi connectivity index (χ0) is 14.7. The normalized spacial score (nSPS) is 10.7. The Balaban J connectivity index is 2.25. The maximum atomic E-state index is 13.7. The first kappa shape index (κ1) is 14.4. The third kappa shape index (κ3) is 3.51. The van der Waals surface area contributed by atoms with Gasteiger partial charge in [-0.1, -0.05) is 11.6 Å². The molecule has 2 aromatic rings. The van der Waals surface area contributed by atoms with Gasteiger partial charge < -0.3 is 15.8 Å². The average Bonchev–Trinajstić information content (AvgIpc) is 2.36. The molecule has 0 spiro atoms. The Bertz CT molecular complexity index is 619. The minimum atomic E-state index is -0.456. The van der Waals surface area contributed by atoms with Crippen molar-refractivity contribution in [2.24, 2.45) is 0 Å². The number of aromatic nitrogens is 1. The van der Waals surface area contributed by atoms with Crippen LogP contribution in [0, 0.1) is 5.82 Å². The van der Waals surface area contributed by atoms with E-state index in [0.717, 1.165) is 0 Å². The lowest BCUT2D eigenvalue weighted by Crippen LogP contribution is -2.09. The van der Waals surface area contributed by atoms with Gasteiger partial charge in [-0.2, -0.15) is 4.98 Å². The van der Waals surface area contributed by atoms with Gasteiger partial charge in [0.1, 0.15) is 11.6 Å². The van der Waals surface area contributed by atoms with Crippen molar-refractivity contribution in [2.45, 2.75) is 20.0 Å². The van der Waals surface area contributed by atoms with E-state index in [1.165, 1.54) is 6.07 Å². The number of nitrogens with one attached hydrogen (secondary N) is 1. The van der Waals surface area contributed by atoms with Crippen LogP contribution in [0.2, 0.25) is 5.02 Å². The quantitative estimate of drug-likeness (QED) is 0.895. The minimum Gasteiger partial charge on any atom is -0.473 e. The summed E-state index contributed by atoms with van der Waals surface area (Å²) in [5, 5.41) is 3.20. The van der Waals surface area contributed by atoms with Crippen LogP contribution >= 0.6 is 11.6 Å². The Morgan fingerprint density at radius 3 is 2.70 bits per heavy atom. The highest BCUT2D eigenvalue weighted by Crippen LogP contribution is 2.26. The number of nitrogens with two attached hydrogens (primary N) is 1. The predicted molar refractivity (Wildman–Crippen MR) is 79.1 cm³/mol. The molecule has 0 unspecified atom stereocenters. The first-order valence-corrected chi connectivity index (χ1v) is 6.49. The molecule has 2 rings (SSSR count). The maximum Gasteiger partial charge on any atom is 0.239 e. The van der Waals surface area contributed by atoms with Crippen LogP contribution in [-0.2, 0) is 0 Å². The molecule has 0 aliphatic heterocycles. The monoisotopic (exact) mass is 295 g/mol. The van der Waals surface area contributed by atoms with Crippen LogP contribution in [-0.4, -0.2) is 11.1 Å². The van der Waals surface area contributed by atoms with E-state index < -0.39 is 5.82 Å². The van der Waals surface area contributed by atoms with E-state index >= 15 is 0 Å². The fraction of sp³-hybridized carbons (Fsp3) is 0.214. The number of hydrogen-bond donors (Lipinski definition) is 2. The highest BCUT2D eigenvalue weighted by molar-refractivity contribution is 6.30. The van der Waals surface area contributed by atoms with Gasteiger partial charge in [0.15, 0.2) is 0 Å². The highest BCUT2D eigenvalue weighted by Gasteiger charge is 2.08. The smallest absolute Gasteiger partial charge is 0.239 e. The van der Waals surface area contributed by atoms with E-state index in [9.17, 15) is 4.39 Å². The van der Waals surface area contributed by atoms with Gasteiger partial charge in [-0.3, -0.25) is 0 Å². The van der Waals surface area contributed by atoms with Crippen molar-refractivity contribution in [1.29, 1.82) is 0 Å². The van der Waals surface area contributed by atoms with Crippen molar-refractivity contribution in [2.75, 3.05) is 11.1 Å². The molecule has 0 radical (unpaired) electrons. The van der Waals surface area contributed by atoms with Gasteiger partial charge in [-0.05, 0) is 44.2 Å². The summed E-state index contributed by atoms with van der Waals surface area (Å²) < 4.78 is 19.2. The Morgan fingerprint density at radius 1 is 1.30 bits per heavy atom. The molecule has 0 fully saturated rings. The van der Waals surface area contributed by atoms with Gasteiger partial charge in [-0.15, -0.1) is 0 Å². The van der Waals surface area contributed by atoms with Crippen LogP contribution in [0.3, 0.4) is 0 Å². The topological polar surface area (TPSA) is 60.2 Å². The third-order valence-electron chi connectivity index (χ3n) is 2.43. The van der Waals surface area contributed by atoms with Gasteiger partial charge in [0, 0.05) is 5.02 Å². The Labute approximate surface area is 121 Å². The van der Waals surface area contributed by atoms with E-state index in [4.69, 9.17) is 22.1 Å². The lowest BCUT2D eigenvalue weighted by molar-refractivity contribution is 0.234. The SMILES string of the molecule is CC(C)Oc1nc(Nc2ccc(Cl)cc2F)ccc1N. The second kappa shape index (κ2) is 5.96. The summed E-state index contributed by atoms with van der Waals surface area (Å²) >= 11 is 5.70. The van der Waals surface area contributed by atoms with Crippen molar-refractivity contribution in [1.82, 2.24) is 4.98 Å². The number of anilines is 3. The molecular formula is C14H15ClFN3O.